The lowest BCUT2D eigenvalue weighted by atomic mass is 9.54. The van der Waals surface area contributed by atoms with Gasteiger partial charge in [0.25, 0.3) is 0 Å². The Balaban J connectivity index is 1.79. The largest absolute Gasteiger partial charge is 0.462 e. The lowest BCUT2D eigenvalue weighted by Gasteiger charge is -2.50. The topological polar surface area (TPSA) is 56.5 Å². The number of aryl methyl sites for hydroxylation is 1. The van der Waals surface area contributed by atoms with E-state index >= 15 is 0 Å². The fraction of sp³-hybridized carbons (Fsp3) is 0.714. The van der Waals surface area contributed by atoms with E-state index in [1.807, 2.05) is 6.92 Å². The summed E-state index contributed by atoms with van der Waals surface area (Å²) in [5.41, 5.74) is 1.91. The molecule has 0 saturated heterocycles. The highest BCUT2D eigenvalue weighted by Gasteiger charge is 2.54. The number of ether oxygens (including phenoxy) is 1. The zero-order valence-corrected chi connectivity index (χ0v) is 16.1. The van der Waals surface area contributed by atoms with Crippen LogP contribution in [0, 0.1) is 30.1 Å². The van der Waals surface area contributed by atoms with Gasteiger partial charge in [0, 0.05) is 17.9 Å². The third kappa shape index (κ3) is 3.04. The van der Waals surface area contributed by atoms with Crippen LogP contribution in [-0.4, -0.2) is 17.9 Å². The van der Waals surface area contributed by atoms with Gasteiger partial charge in [0.1, 0.15) is 6.10 Å². The maximum absolute atomic E-state index is 12.9. The molecule has 0 bridgehead atoms. The number of hydrogen-bond acceptors (Lipinski definition) is 4. The third-order valence-electron chi connectivity index (χ3n) is 6.83. The summed E-state index contributed by atoms with van der Waals surface area (Å²) in [7, 11) is 0. The Morgan fingerprint density at radius 3 is 2.84 bits per heavy atom. The number of carbonyl (C=O) groups is 2. The first kappa shape index (κ1) is 18.2. The minimum atomic E-state index is -0.182. The van der Waals surface area contributed by atoms with Gasteiger partial charge >= 0.3 is 5.97 Å². The Kier molecular flexibility index (Phi) is 4.82. The van der Waals surface area contributed by atoms with Crippen molar-refractivity contribution in [2.75, 3.05) is 0 Å². The van der Waals surface area contributed by atoms with Crippen molar-refractivity contribution in [3.63, 3.8) is 0 Å². The van der Waals surface area contributed by atoms with Crippen LogP contribution < -0.4 is 0 Å². The second-order valence-corrected chi connectivity index (χ2v) is 8.44. The number of Topliss-reactive ketones (excluding diaryl/α,β-unsaturated/α-hetero) is 1. The zero-order chi connectivity index (χ0) is 18.4. The molecule has 4 heteroatoms. The zero-order valence-electron chi connectivity index (χ0n) is 16.1. The van der Waals surface area contributed by atoms with Crippen molar-refractivity contribution in [3.8, 4) is 0 Å². The lowest BCUT2D eigenvalue weighted by molar-refractivity contribution is -0.160. The summed E-state index contributed by atoms with van der Waals surface area (Å²) in [5.74, 6) is 1.05. The number of fused-ring (bicyclic) bond motifs is 2. The molecule has 0 unspecified atom stereocenters. The van der Waals surface area contributed by atoms with Gasteiger partial charge in [-0.2, -0.15) is 0 Å². The van der Waals surface area contributed by atoms with Crippen LogP contribution in [0.2, 0.25) is 0 Å². The summed E-state index contributed by atoms with van der Waals surface area (Å²) in [6.45, 7) is 10.5. The molecule has 1 saturated carbocycles. The molecule has 0 amide bonds. The summed E-state index contributed by atoms with van der Waals surface area (Å²) in [4.78, 5) is 25.2. The number of esters is 1. The molecule has 4 nitrogen and oxygen atoms in total. The van der Waals surface area contributed by atoms with Crippen molar-refractivity contribution in [2.24, 2.45) is 23.2 Å². The molecule has 25 heavy (non-hydrogen) atoms. The highest BCUT2D eigenvalue weighted by Crippen LogP contribution is 2.53. The Hall–Kier alpha value is -1.58. The van der Waals surface area contributed by atoms with Gasteiger partial charge in [-0.25, -0.2) is 0 Å². The molecule has 0 aliphatic heterocycles. The van der Waals surface area contributed by atoms with Gasteiger partial charge in [0.2, 0.25) is 5.78 Å². The van der Waals surface area contributed by atoms with Crippen LogP contribution in [0.1, 0.15) is 75.1 Å². The first-order valence-corrected chi connectivity index (χ1v) is 9.58. The number of furan rings is 1. The number of hydrogen-bond donors (Lipinski definition) is 0. The maximum atomic E-state index is 12.9. The fourth-order valence-corrected chi connectivity index (χ4v) is 4.61. The summed E-state index contributed by atoms with van der Waals surface area (Å²) >= 11 is 0. The van der Waals surface area contributed by atoms with Crippen LogP contribution >= 0.6 is 0 Å². The van der Waals surface area contributed by atoms with E-state index in [1.165, 1.54) is 0 Å². The third-order valence-corrected chi connectivity index (χ3v) is 6.83. The Morgan fingerprint density at radius 2 is 2.16 bits per heavy atom. The van der Waals surface area contributed by atoms with Crippen molar-refractivity contribution in [1.82, 2.24) is 0 Å². The minimum absolute atomic E-state index is 0.0370. The van der Waals surface area contributed by atoms with Crippen LogP contribution in [0.3, 0.4) is 0 Å². The Labute approximate surface area is 150 Å². The van der Waals surface area contributed by atoms with Crippen molar-refractivity contribution in [1.29, 1.82) is 0 Å². The standard InChI is InChI=1S/C21H30O4/c1-6-12(2)9-18(22)25-17-8-7-16-19(23)20-15(13(3)11-24-20)10-21(16,5)14(17)4/h11-12,14,16-17H,6-10H2,1-5H3/t12-,14-,16-,17+,21+/m0/s1. The molecular formula is C21H30O4. The van der Waals surface area contributed by atoms with Gasteiger partial charge in [-0.05, 0) is 49.0 Å². The SMILES string of the molecule is CC[C@H](C)CC(=O)O[C@@H]1CC[C@H]2C(=O)c3occ(C)c3C[C@]2(C)[C@H]1C. The summed E-state index contributed by atoms with van der Waals surface area (Å²) in [5, 5.41) is 0. The average molecular weight is 346 g/mol. The van der Waals surface area contributed by atoms with Crippen LogP contribution in [0.4, 0.5) is 0 Å². The second kappa shape index (κ2) is 6.62. The van der Waals surface area contributed by atoms with Crippen LogP contribution in [-0.2, 0) is 16.0 Å². The van der Waals surface area contributed by atoms with Gasteiger partial charge in [-0.15, -0.1) is 0 Å². The first-order valence-electron chi connectivity index (χ1n) is 9.58. The molecule has 0 aromatic carbocycles. The van der Waals surface area contributed by atoms with Gasteiger partial charge < -0.3 is 9.15 Å². The Morgan fingerprint density at radius 1 is 1.44 bits per heavy atom. The number of rotatable bonds is 4. The van der Waals surface area contributed by atoms with Gasteiger partial charge in [-0.3, -0.25) is 9.59 Å². The molecule has 0 N–H and O–H groups in total. The molecule has 0 spiro atoms. The molecule has 2 aliphatic carbocycles. The van der Waals surface area contributed by atoms with E-state index in [1.54, 1.807) is 6.26 Å². The lowest BCUT2D eigenvalue weighted by Crippen LogP contribution is -2.52. The van der Waals surface area contributed by atoms with E-state index in [4.69, 9.17) is 9.15 Å². The smallest absolute Gasteiger partial charge is 0.306 e. The summed E-state index contributed by atoms with van der Waals surface area (Å²) in [6.07, 6.45) is 5.39. The predicted molar refractivity (Wildman–Crippen MR) is 95.4 cm³/mol. The number of carbonyl (C=O) groups excluding carboxylic acids is 2. The molecular weight excluding hydrogens is 316 g/mol. The quantitative estimate of drug-likeness (QED) is 0.740. The van der Waals surface area contributed by atoms with Crippen molar-refractivity contribution in [3.05, 3.63) is 23.2 Å². The van der Waals surface area contributed by atoms with Gasteiger partial charge in [-0.1, -0.05) is 34.1 Å². The van der Waals surface area contributed by atoms with Gasteiger partial charge in [0.05, 0.1) is 6.26 Å². The van der Waals surface area contributed by atoms with E-state index in [0.717, 1.165) is 36.8 Å². The number of ketones is 1. The molecule has 2 aliphatic rings. The summed E-state index contributed by atoms with van der Waals surface area (Å²) < 4.78 is 11.4. The Bertz CT molecular complexity index is 673. The minimum Gasteiger partial charge on any atom is -0.462 e. The maximum Gasteiger partial charge on any atom is 0.306 e. The van der Waals surface area contributed by atoms with Crippen molar-refractivity contribution in [2.45, 2.75) is 72.8 Å². The van der Waals surface area contributed by atoms with Gasteiger partial charge in [0.15, 0.2) is 5.76 Å². The van der Waals surface area contributed by atoms with E-state index in [2.05, 4.69) is 27.7 Å². The second-order valence-electron chi connectivity index (χ2n) is 8.44. The van der Waals surface area contributed by atoms with E-state index in [-0.39, 0.29) is 35.1 Å². The average Bonchev–Trinajstić information content (AvgIpc) is 2.92. The fourth-order valence-electron chi connectivity index (χ4n) is 4.61. The van der Waals surface area contributed by atoms with Crippen molar-refractivity contribution >= 4 is 11.8 Å². The molecule has 1 aromatic heterocycles. The highest BCUT2D eigenvalue weighted by molar-refractivity contribution is 5.98. The van der Waals surface area contributed by atoms with E-state index in [0.29, 0.717) is 18.1 Å². The first-order chi connectivity index (χ1) is 11.8. The summed E-state index contributed by atoms with van der Waals surface area (Å²) in [6, 6.07) is 0. The predicted octanol–water partition coefficient (Wildman–Crippen LogP) is 4.73. The van der Waals surface area contributed by atoms with E-state index < -0.39 is 0 Å². The van der Waals surface area contributed by atoms with Crippen molar-refractivity contribution < 1.29 is 18.7 Å². The highest BCUT2D eigenvalue weighted by atomic mass is 16.5. The van der Waals surface area contributed by atoms with Crippen LogP contribution in [0.25, 0.3) is 0 Å². The molecule has 1 aromatic rings. The molecule has 138 valence electrons. The van der Waals surface area contributed by atoms with Crippen LogP contribution in [0.5, 0.6) is 0 Å². The normalized spacial score (nSPS) is 32.7. The van der Waals surface area contributed by atoms with E-state index in [9.17, 15) is 9.59 Å². The molecule has 1 heterocycles. The monoisotopic (exact) mass is 346 g/mol. The molecule has 0 radical (unpaired) electrons. The van der Waals surface area contributed by atoms with Crippen LogP contribution in [0.15, 0.2) is 10.7 Å². The molecule has 5 atom stereocenters. The molecule has 3 rings (SSSR count). The molecule has 1 fully saturated rings.